The summed E-state index contributed by atoms with van der Waals surface area (Å²) in [5.41, 5.74) is 3.29. The fourth-order valence-electron chi connectivity index (χ4n) is 2.74. The lowest BCUT2D eigenvalue weighted by molar-refractivity contribution is 0.0949. The second kappa shape index (κ2) is 7.94. The molecule has 1 aliphatic heterocycles. The summed E-state index contributed by atoms with van der Waals surface area (Å²) in [6.07, 6.45) is 0. The maximum absolute atomic E-state index is 12.6. The third kappa shape index (κ3) is 3.93. The topological polar surface area (TPSA) is 79.5 Å². The van der Waals surface area contributed by atoms with Crippen LogP contribution in [0.15, 0.2) is 30.3 Å². The number of para-hydroxylation sites is 1. The number of hydrogen-bond acceptors (Lipinski definition) is 5. The van der Waals surface area contributed by atoms with E-state index < -0.39 is 0 Å². The fourth-order valence-corrected chi connectivity index (χ4v) is 2.74. The average Bonchev–Trinajstić information content (AvgIpc) is 3.08. The number of benzene rings is 1. The number of aromatic nitrogens is 2. The highest BCUT2D eigenvalue weighted by molar-refractivity contribution is 5.99. The second-order valence-electron chi connectivity index (χ2n) is 5.62. The number of nitrogens with one attached hydrogen (secondary N) is 2. The molecule has 128 valence electrons. The Balaban J connectivity index is 1.66. The summed E-state index contributed by atoms with van der Waals surface area (Å²) in [6, 6.07) is 9.55. The third-order valence-corrected chi connectivity index (χ3v) is 3.92. The summed E-state index contributed by atoms with van der Waals surface area (Å²) in [5.74, 6) is -0.0972. The van der Waals surface area contributed by atoms with E-state index in [2.05, 4.69) is 20.4 Å². The van der Waals surface area contributed by atoms with Gasteiger partial charge in [0, 0.05) is 25.9 Å². The first-order valence-electron chi connectivity index (χ1n) is 8.00. The van der Waals surface area contributed by atoms with Crippen molar-refractivity contribution in [2.24, 2.45) is 0 Å². The number of amides is 1. The molecule has 1 aromatic carbocycles. The monoisotopic (exact) mass is 330 g/mol. The summed E-state index contributed by atoms with van der Waals surface area (Å²) in [6.45, 7) is 3.81. The van der Waals surface area contributed by atoms with Crippen molar-refractivity contribution in [2.75, 3.05) is 38.3 Å². The zero-order valence-electron chi connectivity index (χ0n) is 13.7. The summed E-state index contributed by atoms with van der Waals surface area (Å²) >= 11 is 0. The van der Waals surface area contributed by atoms with Gasteiger partial charge in [-0.2, -0.15) is 5.10 Å². The van der Waals surface area contributed by atoms with E-state index in [-0.39, 0.29) is 5.91 Å². The Morgan fingerprint density at radius 3 is 2.96 bits per heavy atom. The molecule has 0 spiro atoms. The van der Waals surface area contributed by atoms with Crippen molar-refractivity contribution in [1.29, 1.82) is 0 Å². The van der Waals surface area contributed by atoms with Gasteiger partial charge in [-0.1, -0.05) is 12.1 Å². The molecule has 0 radical (unpaired) electrons. The van der Waals surface area contributed by atoms with E-state index in [1.807, 2.05) is 30.3 Å². The van der Waals surface area contributed by atoms with E-state index in [4.69, 9.17) is 9.47 Å². The first-order chi connectivity index (χ1) is 11.8. The molecule has 0 saturated carbocycles. The molecular weight excluding hydrogens is 308 g/mol. The number of aromatic amines is 1. The largest absolute Gasteiger partial charge is 0.378 e. The molecule has 1 saturated heterocycles. The van der Waals surface area contributed by atoms with Gasteiger partial charge >= 0.3 is 0 Å². The van der Waals surface area contributed by atoms with Gasteiger partial charge in [0.1, 0.15) is 0 Å². The molecule has 7 nitrogen and oxygen atoms in total. The Morgan fingerprint density at radius 2 is 2.17 bits per heavy atom. The van der Waals surface area contributed by atoms with Gasteiger partial charge in [-0.05, 0) is 18.2 Å². The number of methoxy groups -OCH3 is 1. The quantitative estimate of drug-likeness (QED) is 0.835. The van der Waals surface area contributed by atoms with Gasteiger partial charge in [0.15, 0.2) is 0 Å². The Morgan fingerprint density at radius 1 is 1.38 bits per heavy atom. The number of H-pyrrole nitrogens is 1. The van der Waals surface area contributed by atoms with Crippen molar-refractivity contribution < 1.29 is 14.3 Å². The normalized spacial score (nSPS) is 14.6. The van der Waals surface area contributed by atoms with Crippen LogP contribution in [0.1, 0.15) is 21.7 Å². The average molecular weight is 330 g/mol. The smallest absolute Gasteiger partial charge is 0.253 e. The first-order valence-corrected chi connectivity index (χ1v) is 8.00. The van der Waals surface area contributed by atoms with Crippen molar-refractivity contribution in [3.8, 4) is 0 Å². The molecule has 7 heteroatoms. The van der Waals surface area contributed by atoms with Crippen LogP contribution < -0.4 is 10.2 Å². The molecule has 1 fully saturated rings. The van der Waals surface area contributed by atoms with E-state index >= 15 is 0 Å². The number of rotatable bonds is 6. The molecule has 0 unspecified atom stereocenters. The lowest BCUT2D eigenvalue weighted by Crippen LogP contribution is -2.37. The molecule has 0 atom stereocenters. The van der Waals surface area contributed by atoms with Gasteiger partial charge in [0.05, 0.1) is 43.3 Å². The van der Waals surface area contributed by atoms with Gasteiger partial charge in [0.25, 0.3) is 5.91 Å². The van der Waals surface area contributed by atoms with Gasteiger partial charge in [-0.15, -0.1) is 0 Å². The number of ether oxygens (including phenoxy) is 2. The molecule has 1 amide bonds. The molecular formula is C17H22N4O3. The van der Waals surface area contributed by atoms with Crippen LogP contribution in [-0.4, -0.2) is 49.5 Å². The highest BCUT2D eigenvalue weighted by atomic mass is 16.5. The Hall–Kier alpha value is -2.38. The van der Waals surface area contributed by atoms with Gasteiger partial charge < -0.3 is 19.7 Å². The Labute approximate surface area is 140 Å². The number of carbonyl (C=O) groups excluding carboxylic acids is 1. The van der Waals surface area contributed by atoms with Gasteiger partial charge in [0.2, 0.25) is 0 Å². The zero-order valence-corrected chi connectivity index (χ0v) is 13.7. The Bertz CT molecular complexity index is 680. The van der Waals surface area contributed by atoms with Crippen LogP contribution in [0, 0.1) is 0 Å². The minimum Gasteiger partial charge on any atom is -0.378 e. The minimum atomic E-state index is -0.0972. The number of carbonyl (C=O) groups is 1. The summed E-state index contributed by atoms with van der Waals surface area (Å²) < 4.78 is 10.4. The van der Waals surface area contributed by atoms with Crippen LogP contribution in [0.25, 0.3) is 0 Å². The molecule has 0 aliphatic carbocycles. The number of hydrogen-bond donors (Lipinski definition) is 2. The van der Waals surface area contributed by atoms with Crippen molar-refractivity contribution in [1.82, 2.24) is 15.5 Å². The molecule has 1 aromatic heterocycles. The predicted molar refractivity (Wildman–Crippen MR) is 89.9 cm³/mol. The van der Waals surface area contributed by atoms with Crippen molar-refractivity contribution in [3.63, 3.8) is 0 Å². The number of nitrogens with zero attached hydrogens (tertiary/aromatic N) is 2. The van der Waals surface area contributed by atoms with E-state index in [1.54, 1.807) is 7.11 Å². The lowest BCUT2D eigenvalue weighted by Gasteiger charge is -2.30. The van der Waals surface area contributed by atoms with Crippen LogP contribution in [0.5, 0.6) is 0 Å². The van der Waals surface area contributed by atoms with Gasteiger partial charge in [-0.3, -0.25) is 9.89 Å². The van der Waals surface area contributed by atoms with Crippen molar-refractivity contribution in [3.05, 3.63) is 47.3 Å². The molecule has 24 heavy (non-hydrogen) atoms. The molecule has 2 aromatic rings. The predicted octanol–water partition coefficient (Wildman–Crippen LogP) is 1.32. The molecule has 0 bridgehead atoms. The molecule has 3 rings (SSSR count). The van der Waals surface area contributed by atoms with Crippen LogP contribution in [0.2, 0.25) is 0 Å². The standard InChI is InChI=1S/C17H22N4O3/c1-23-12-14-10-13(19-20-14)11-18-17(22)15-4-2-3-5-16(15)21-6-8-24-9-7-21/h2-5,10H,6-9,11-12H2,1H3,(H,18,22)(H,19,20). The summed E-state index contributed by atoms with van der Waals surface area (Å²) in [5, 5.41) is 9.97. The number of anilines is 1. The first kappa shape index (κ1) is 16.5. The third-order valence-electron chi connectivity index (χ3n) is 3.92. The highest BCUT2D eigenvalue weighted by Crippen LogP contribution is 2.21. The minimum absolute atomic E-state index is 0.0972. The molecule has 2 N–H and O–H groups in total. The summed E-state index contributed by atoms with van der Waals surface area (Å²) in [4.78, 5) is 14.8. The zero-order chi connectivity index (χ0) is 16.8. The van der Waals surface area contributed by atoms with E-state index in [1.165, 1.54) is 0 Å². The highest BCUT2D eigenvalue weighted by Gasteiger charge is 2.18. The van der Waals surface area contributed by atoms with Crippen LogP contribution in [-0.2, 0) is 22.6 Å². The van der Waals surface area contributed by atoms with Crippen molar-refractivity contribution in [2.45, 2.75) is 13.2 Å². The van der Waals surface area contributed by atoms with Gasteiger partial charge in [-0.25, -0.2) is 0 Å². The second-order valence-corrected chi connectivity index (χ2v) is 5.62. The SMILES string of the molecule is COCc1cc(CNC(=O)c2ccccc2N2CCOCC2)[nH]n1. The summed E-state index contributed by atoms with van der Waals surface area (Å²) in [7, 11) is 1.62. The van der Waals surface area contributed by atoms with Crippen molar-refractivity contribution >= 4 is 11.6 Å². The van der Waals surface area contributed by atoms with E-state index in [0.717, 1.165) is 30.2 Å². The Kier molecular flexibility index (Phi) is 5.45. The van der Waals surface area contributed by atoms with E-state index in [9.17, 15) is 4.79 Å². The number of morpholine rings is 1. The van der Waals surface area contributed by atoms with Crippen LogP contribution in [0.4, 0.5) is 5.69 Å². The maximum atomic E-state index is 12.6. The maximum Gasteiger partial charge on any atom is 0.253 e. The lowest BCUT2D eigenvalue weighted by atomic mass is 10.1. The molecule has 2 heterocycles. The van der Waals surface area contributed by atoms with Crippen LogP contribution >= 0.6 is 0 Å². The van der Waals surface area contributed by atoms with Crippen LogP contribution in [0.3, 0.4) is 0 Å². The molecule has 1 aliphatic rings. The fraction of sp³-hybridized carbons (Fsp3) is 0.412. The van der Waals surface area contributed by atoms with E-state index in [0.29, 0.717) is 31.9 Å².